The van der Waals surface area contributed by atoms with E-state index in [2.05, 4.69) is 31.9 Å². The molecule has 3 aromatic carbocycles. The van der Waals surface area contributed by atoms with Crippen LogP contribution in [0.15, 0.2) is 77.3 Å². The number of halogens is 1. The van der Waals surface area contributed by atoms with Gasteiger partial charge in [-0.3, -0.25) is 4.79 Å². The highest BCUT2D eigenvalue weighted by atomic mass is 79.9. The van der Waals surface area contributed by atoms with Gasteiger partial charge in [-0.2, -0.15) is 0 Å². The topological polar surface area (TPSA) is 73.5 Å². The maximum Gasteiger partial charge on any atom is 0.323 e. The molecule has 0 aliphatic rings. The van der Waals surface area contributed by atoms with E-state index in [0.29, 0.717) is 23.5 Å². The molecule has 0 spiro atoms. The van der Waals surface area contributed by atoms with Crippen molar-refractivity contribution < 1.29 is 9.59 Å². The number of hydrogen-bond acceptors (Lipinski definition) is 3. The van der Waals surface area contributed by atoms with Crippen molar-refractivity contribution in [3.63, 3.8) is 0 Å². The van der Waals surface area contributed by atoms with Crippen LogP contribution in [0.3, 0.4) is 0 Å². The molecule has 0 aliphatic heterocycles. The van der Waals surface area contributed by atoms with Crippen molar-refractivity contribution >= 4 is 44.9 Å². The van der Waals surface area contributed by atoms with E-state index in [-0.39, 0.29) is 11.9 Å². The maximum absolute atomic E-state index is 12.8. The summed E-state index contributed by atoms with van der Waals surface area (Å²) in [5, 5.41) is 8.49. The first-order chi connectivity index (χ1) is 14.4. The number of hydrogen-bond donors (Lipinski definition) is 3. The molecule has 3 amide bonds. The molecule has 7 heteroatoms. The van der Waals surface area contributed by atoms with Crippen LogP contribution in [-0.4, -0.2) is 26.0 Å². The molecule has 0 aromatic heterocycles. The van der Waals surface area contributed by atoms with Gasteiger partial charge in [0.2, 0.25) is 0 Å². The second-order valence-corrected chi connectivity index (χ2v) is 7.80. The van der Waals surface area contributed by atoms with Gasteiger partial charge in [-0.15, -0.1) is 0 Å². The highest BCUT2D eigenvalue weighted by Crippen LogP contribution is 2.23. The van der Waals surface area contributed by atoms with Gasteiger partial charge < -0.3 is 20.9 Å². The Kier molecular flexibility index (Phi) is 7.08. The lowest BCUT2D eigenvalue weighted by molar-refractivity contribution is 0.0951. The van der Waals surface area contributed by atoms with Crippen LogP contribution in [0, 0.1) is 0 Å². The predicted molar refractivity (Wildman–Crippen MR) is 125 cm³/mol. The first kappa shape index (κ1) is 21.4. The van der Waals surface area contributed by atoms with Crippen molar-refractivity contribution in [1.82, 2.24) is 5.32 Å². The van der Waals surface area contributed by atoms with Crippen LogP contribution >= 0.6 is 15.9 Å². The zero-order valence-corrected chi connectivity index (χ0v) is 18.4. The molecule has 0 saturated heterocycles. The molecule has 3 rings (SSSR count). The Morgan fingerprint density at radius 2 is 1.57 bits per heavy atom. The normalized spacial score (nSPS) is 10.2. The second-order valence-electron chi connectivity index (χ2n) is 6.88. The van der Waals surface area contributed by atoms with E-state index in [9.17, 15) is 9.59 Å². The third-order valence-electron chi connectivity index (χ3n) is 4.36. The molecular weight excluding hydrogens is 444 g/mol. The fourth-order valence-corrected chi connectivity index (χ4v) is 3.32. The molecule has 0 atom stereocenters. The van der Waals surface area contributed by atoms with Crippen molar-refractivity contribution in [3.8, 4) is 0 Å². The average molecular weight is 467 g/mol. The smallest absolute Gasteiger partial charge is 0.323 e. The number of carbonyl (C=O) groups excluding carboxylic acids is 2. The van der Waals surface area contributed by atoms with Crippen LogP contribution in [0.5, 0.6) is 0 Å². The molecule has 0 unspecified atom stereocenters. The van der Waals surface area contributed by atoms with Gasteiger partial charge in [0.25, 0.3) is 5.91 Å². The lowest BCUT2D eigenvalue weighted by atomic mass is 10.1. The zero-order chi connectivity index (χ0) is 21.5. The Morgan fingerprint density at radius 1 is 0.867 bits per heavy atom. The molecular formula is C23H23BrN4O2. The van der Waals surface area contributed by atoms with Crippen molar-refractivity contribution in [2.24, 2.45) is 0 Å². The van der Waals surface area contributed by atoms with Crippen molar-refractivity contribution in [2.45, 2.75) is 6.54 Å². The second kappa shape index (κ2) is 9.93. The summed E-state index contributed by atoms with van der Waals surface area (Å²) in [6.07, 6.45) is 0. The van der Waals surface area contributed by atoms with E-state index in [0.717, 1.165) is 15.7 Å². The SMILES string of the molecule is CN(C)c1ccc(NC(=O)Nc2cccc(Br)c2)cc1C(=O)NCc1ccccc1. The number of rotatable bonds is 6. The summed E-state index contributed by atoms with van der Waals surface area (Å²) in [7, 11) is 3.74. The average Bonchev–Trinajstić information content (AvgIpc) is 2.72. The van der Waals surface area contributed by atoms with E-state index in [1.807, 2.05) is 67.5 Å². The summed E-state index contributed by atoms with van der Waals surface area (Å²) in [5.41, 5.74) is 3.44. The Morgan fingerprint density at radius 3 is 2.23 bits per heavy atom. The Balaban J connectivity index is 1.73. The van der Waals surface area contributed by atoms with Gasteiger partial charge in [0, 0.05) is 42.2 Å². The van der Waals surface area contributed by atoms with Gasteiger partial charge in [0.05, 0.1) is 5.56 Å². The highest BCUT2D eigenvalue weighted by Gasteiger charge is 2.15. The van der Waals surface area contributed by atoms with Gasteiger partial charge in [0.15, 0.2) is 0 Å². The van der Waals surface area contributed by atoms with Gasteiger partial charge in [-0.1, -0.05) is 52.3 Å². The molecule has 3 aromatic rings. The molecule has 154 valence electrons. The Bertz CT molecular complexity index is 1040. The highest BCUT2D eigenvalue weighted by molar-refractivity contribution is 9.10. The van der Waals surface area contributed by atoms with Crippen LogP contribution in [0.2, 0.25) is 0 Å². The van der Waals surface area contributed by atoms with Gasteiger partial charge >= 0.3 is 6.03 Å². The fraction of sp³-hybridized carbons (Fsp3) is 0.130. The van der Waals surface area contributed by atoms with Crippen molar-refractivity contribution in [3.05, 3.63) is 88.4 Å². The van der Waals surface area contributed by atoms with E-state index >= 15 is 0 Å². The van der Waals surface area contributed by atoms with E-state index in [1.165, 1.54) is 0 Å². The number of carbonyl (C=O) groups is 2. The number of benzene rings is 3. The van der Waals surface area contributed by atoms with E-state index < -0.39 is 0 Å². The Labute approximate surface area is 184 Å². The van der Waals surface area contributed by atoms with Crippen LogP contribution in [0.25, 0.3) is 0 Å². The minimum atomic E-state index is -0.388. The summed E-state index contributed by atoms with van der Waals surface area (Å²) < 4.78 is 0.869. The minimum absolute atomic E-state index is 0.210. The third kappa shape index (κ3) is 5.84. The van der Waals surface area contributed by atoms with Gasteiger partial charge in [-0.25, -0.2) is 4.79 Å². The van der Waals surface area contributed by atoms with Crippen molar-refractivity contribution in [2.75, 3.05) is 29.6 Å². The lowest BCUT2D eigenvalue weighted by Gasteiger charge is -2.18. The molecule has 0 bridgehead atoms. The van der Waals surface area contributed by atoms with Crippen LogP contribution < -0.4 is 20.9 Å². The molecule has 0 fully saturated rings. The first-order valence-electron chi connectivity index (χ1n) is 9.39. The van der Waals surface area contributed by atoms with Crippen molar-refractivity contribution in [1.29, 1.82) is 0 Å². The monoisotopic (exact) mass is 466 g/mol. The fourth-order valence-electron chi connectivity index (χ4n) is 2.92. The first-order valence-corrected chi connectivity index (χ1v) is 10.2. The lowest BCUT2D eigenvalue weighted by Crippen LogP contribution is -2.26. The summed E-state index contributed by atoms with van der Waals surface area (Å²) in [6, 6.07) is 21.9. The van der Waals surface area contributed by atoms with Gasteiger partial charge in [0.1, 0.15) is 0 Å². The molecule has 30 heavy (non-hydrogen) atoms. The summed E-state index contributed by atoms with van der Waals surface area (Å²) in [5.74, 6) is -0.210. The number of nitrogens with zero attached hydrogens (tertiary/aromatic N) is 1. The number of amides is 3. The molecule has 0 aliphatic carbocycles. The van der Waals surface area contributed by atoms with E-state index in [4.69, 9.17) is 0 Å². The predicted octanol–water partition coefficient (Wildman–Crippen LogP) is 5.09. The number of anilines is 3. The molecule has 0 saturated carbocycles. The standard InChI is InChI=1S/C23H23BrN4O2/c1-28(2)21-12-11-19(27-23(30)26-18-10-6-9-17(24)13-18)14-20(21)22(29)25-15-16-7-4-3-5-8-16/h3-14H,15H2,1-2H3,(H,25,29)(H2,26,27,30). The van der Waals surface area contributed by atoms with E-state index in [1.54, 1.807) is 24.3 Å². The molecule has 6 nitrogen and oxygen atoms in total. The number of urea groups is 1. The number of nitrogens with one attached hydrogen (secondary N) is 3. The summed E-state index contributed by atoms with van der Waals surface area (Å²) in [4.78, 5) is 27.1. The maximum atomic E-state index is 12.8. The summed E-state index contributed by atoms with van der Waals surface area (Å²) in [6.45, 7) is 0.424. The third-order valence-corrected chi connectivity index (χ3v) is 4.85. The largest absolute Gasteiger partial charge is 0.377 e. The Hall–Kier alpha value is -3.32. The summed E-state index contributed by atoms with van der Waals surface area (Å²) >= 11 is 3.38. The van der Waals surface area contributed by atoms with Crippen LogP contribution in [0.4, 0.5) is 21.9 Å². The molecule has 0 radical (unpaired) electrons. The van der Waals surface area contributed by atoms with Crippen LogP contribution in [-0.2, 0) is 6.54 Å². The van der Waals surface area contributed by atoms with Crippen LogP contribution in [0.1, 0.15) is 15.9 Å². The minimum Gasteiger partial charge on any atom is -0.377 e. The molecule has 3 N–H and O–H groups in total. The molecule has 0 heterocycles. The zero-order valence-electron chi connectivity index (χ0n) is 16.8. The van der Waals surface area contributed by atoms with Gasteiger partial charge in [-0.05, 0) is 42.0 Å². The quantitative estimate of drug-likeness (QED) is 0.473.